The fourth-order valence-corrected chi connectivity index (χ4v) is 4.34. The van der Waals surface area contributed by atoms with E-state index in [2.05, 4.69) is 34.8 Å². The molecule has 3 aromatic rings. The molecule has 0 saturated heterocycles. The van der Waals surface area contributed by atoms with Crippen LogP contribution in [0.1, 0.15) is 40.4 Å². The van der Waals surface area contributed by atoms with E-state index >= 15 is 0 Å². The van der Waals surface area contributed by atoms with Crippen LogP contribution in [0, 0.1) is 6.92 Å². The fraction of sp³-hybridized carbons (Fsp3) is 0.333. The second kappa shape index (κ2) is 5.49. The van der Waals surface area contributed by atoms with Crippen LogP contribution < -0.4 is 0 Å². The number of nitrogens with zero attached hydrogens (tertiary/aromatic N) is 3. The van der Waals surface area contributed by atoms with E-state index in [1.807, 2.05) is 30.0 Å². The van der Waals surface area contributed by atoms with Crippen LogP contribution in [0.3, 0.4) is 0 Å². The molecule has 0 spiro atoms. The molecule has 0 N–H and O–H groups in total. The van der Waals surface area contributed by atoms with Crippen molar-refractivity contribution < 1.29 is 4.79 Å². The van der Waals surface area contributed by atoms with Crippen LogP contribution in [0.15, 0.2) is 36.5 Å². The van der Waals surface area contributed by atoms with Gasteiger partial charge in [0.15, 0.2) is 0 Å². The maximum Gasteiger partial charge on any atom is 0.254 e. The van der Waals surface area contributed by atoms with Gasteiger partial charge in [0, 0.05) is 30.5 Å². The molecule has 4 rings (SSSR count). The predicted octanol–water partition coefficient (Wildman–Crippen LogP) is 4.01. The quantitative estimate of drug-likeness (QED) is 0.714. The second-order valence-corrected chi connectivity index (χ2v) is 7.20. The topological polar surface area (TPSA) is 38.1 Å². The molecule has 5 heteroatoms. The number of carbonyl (C=O) groups excluding carboxylic acids is 1. The zero-order chi connectivity index (χ0) is 16.0. The number of aromatic nitrogens is 2. The van der Waals surface area contributed by atoms with Gasteiger partial charge in [-0.1, -0.05) is 6.92 Å². The van der Waals surface area contributed by atoms with E-state index in [1.54, 1.807) is 11.3 Å². The summed E-state index contributed by atoms with van der Waals surface area (Å²) in [6.07, 6.45) is 3.03. The number of fused-ring (bicyclic) bond motifs is 2. The fourth-order valence-electron chi connectivity index (χ4n) is 3.48. The number of hydrogen-bond acceptors (Lipinski definition) is 3. The molecule has 1 amide bonds. The van der Waals surface area contributed by atoms with Gasteiger partial charge in [-0.25, -0.2) is 4.98 Å². The number of amides is 1. The Kier molecular flexibility index (Phi) is 3.45. The molecule has 1 aliphatic heterocycles. The molecular formula is C18H19N3OS. The Labute approximate surface area is 139 Å². The molecule has 0 radical (unpaired) electrons. The highest BCUT2D eigenvalue weighted by Gasteiger charge is 2.30. The third kappa shape index (κ3) is 2.36. The molecule has 118 valence electrons. The molecule has 1 atom stereocenters. The van der Waals surface area contributed by atoms with Gasteiger partial charge < -0.3 is 9.47 Å². The molecule has 0 aliphatic carbocycles. The van der Waals surface area contributed by atoms with E-state index < -0.39 is 0 Å². The summed E-state index contributed by atoms with van der Waals surface area (Å²) in [5.41, 5.74) is 2.98. The number of aryl methyl sites for hydroxylation is 1. The van der Waals surface area contributed by atoms with Gasteiger partial charge in [-0.15, -0.1) is 11.3 Å². The number of benzene rings is 1. The Morgan fingerprint density at radius 1 is 1.35 bits per heavy atom. The minimum atomic E-state index is 0.122. The van der Waals surface area contributed by atoms with Gasteiger partial charge in [-0.3, -0.25) is 4.79 Å². The molecule has 4 nitrogen and oxygen atoms in total. The van der Waals surface area contributed by atoms with Crippen molar-refractivity contribution in [1.29, 1.82) is 0 Å². The van der Waals surface area contributed by atoms with Crippen molar-refractivity contribution in [1.82, 2.24) is 14.5 Å². The van der Waals surface area contributed by atoms with E-state index in [9.17, 15) is 4.79 Å². The third-order valence-electron chi connectivity index (χ3n) is 4.55. The lowest BCUT2D eigenvalue weighted by molar-refractivity contribution is 0.0618. The second-order valence-electron chi connectivity index (χ2n) is 5.96. The summed E-state index contributed by atoms with van der Waals surface area (Å²) in [5.74, 6) is 0.122. The molecule has 1 unspecified atom stereocenters. The van der Waals surface area contributed by atoms with Gasteiger partial charge in [0.25, 0.3) is 5.91 Å². The van der Waals surface area contributed by atoms with Crippen LogP contribution in [0.25, 0.3) is 10.2 Å². The van der Waals surface area contributed by atoms with E-state index in [1.165, 1.54) is 5.69 Å². The normalized spacial score (nSPS) is 17.5. The lowest BCUT2D eigenvalue weighted by Gasteiger charge is -2.36. The monoisotopic (exact) mass is 325 g/mol. The molecule has 0 fully saturated rings. The first-order valence-electron chi connectivity index (χ1n) is 8.00. The van der Waals surface area contributed by atoms with Crippen molar-refractivity contribution in [2.75, 3.05) is 6.54 Å². The van der Waals surface area contributed by atoms with Gasteiger partial charge in [-0.05, 0) is 43.7 Å². The largest absolute Gasteiger partial charge is 0.348 e. The Bertz CT molecular complexity index is 879. The van der Waals surface area contributed by atoms with Crippen molar-refractivity contribution in [2.45, 2.75) is 32.9 Å². The van der Waals surface area contributed by atoms with Gasteiger partial charge in [0.2, 0.25) is 0 Å². The highest BCUT2D eigenvalue weighted by atomic mass is 32.1. The molecular weight excluding hydrogens is 306 g/mol. The van der Waals surface area contributed by atoms with Crippen LogP contribution in [-0.4, -0.2) is 26.9 Å². The van der Waals surface area contributed by atoms with Crippen LogP contribution in [-0.2, 0) is 6.54 Å². The molecule has 3 heterocycles. The van der Waals surface area contributed by atoms with Gasteiger partial charge in [0.1, 0.15) is 0 Å². The number of thiazole rings is 1. The van der Waals surface area contributed by atoms with Gasteiger partial charge in [-0.2, -0.15) is 0 Å². The third-order valence-corrected chi connectivity index (χ3v) is 5.49. The predicted molar refractivity (Wildman–Crippen MR) is 92.9 cm³/mol. The summed E-state index contributed by atoms with van der Waals surface area (Å²) in [4.78, 5) is 19.5. The Morgan fingerprint density at radius 3 is 3.04 bits per heavy atom. The summed E-state index contributed by atoms with van der Waals surface area (Å²) >= 11 is 1.64. The van der Waals surface area contributed by atoms with Crippen LogP contribution >= 0.6 is 11.3 Å². The Morgan fingerprint density at radius 2 is 2.22 bits per heavy atom. The van der Waals surface area contributed by atoms with Gasteiger partial charge >= 0.3 is 0 Å². The Hall–Kier alpha value is -2.14. The van der Waals surface area contributed by atoms with Crippen molar-refractivity contribution in [3.05, 3.63) is 52.8 Å². The first kappa shape index (κ1) is 14.5. The first-order valence-corrected chi connectivity index (χ1v) is 8.82. The SMILES string of the molecule is CCC1c2cccn2CCN1C(=O)c1ccc2nc(C)sc2c1. The minimum absolute atomic E-state index is 0.122. The van der Waals surface area contributed by atoms with Crippen molar-refractivity contribution >= 4 is 27.5 Å². The number of carbonyl (C=O) groups is 1. The molecule has 1 aromatic carbocycles. The van der Waals surface area contributed by atoms with E-state index in [0.717, 1.165) is 40.3 Å². The van der Waals surface area contributed by atoms with Crippen molar-refractivity contribution in [3.8, 4) is 0 Å². The molecule has 23 heavy (non-hydrogen) atoms. The van der Waals surface area contributed by atoms with Gasteiger partial charge in [0.05, 0.1) is 21.3 Å². The highest BCUT2D eigenvalue weighted by Crippen LogP contribution is 2.31. The maximum atomic E-state index is 13.1. The maximum absolute atomic E-state index is 13.1. The number of hydrogen-bond donors (Lipinski definition) is 0. The zero-order valence-corrected chi connectivity index (χ0v) is 14.1. The Balaban J connectivity index is 1.69. The van der Waals surface area contributed by atoms with Crippen molar-refractivity contribution in [2.24, 2.45) is 0 Å². The van der Waals surface area contributed by atoms with E-state index in [4.69, 9.17) is 0 Å². The van der Waals surface area contributed by atoms with Crippen LogP contribution in [0.4, 0.5) is 0 Å². The molecule has 2 aromatic heterocycles. The van der Waals surface area contributed by atoms with Crippen LogP contribution in [0.5, 0.6) is 0 Å². The smallest absolute Gasteiger partial charge is 0.254 e. The summed E-state index contributed by atoms with van der Waals surface area (Å²) < 4.78 is 3.34. The van der Waals surface area contributed by atoms with E-state index in [0.29, 0.717) is 0 Å². The standard InChI is InChI=1S/C18H19N3OS/c1-3-15-16-5-4-8-20(16)9-10-21(15)18(22)13-6-7-14-17(11-13)23-12(2)19-14/h4-8,11,15H,3,9-10H2,1-2H3. The van der Waals surface area contributed by atoms with Crippen molar-refractivity contribution in [3.63, 3.8) is 0 Å². The average molecular weight is 325 g/mol. The highest BCUT2D eigenvalue weighted by molar-refractivity contribution is 7.18. The minimum Gasteiger partial charge on any atom is -0.348 e. The summed E-state index contributed by atoms with van der Waals surface area (Å²) in [5, 5.41) is 1.03. The lowest BCUT2D eigenvalue weighted by Crippen LogP contribution is -2.41. The summed E-state index contributed by atoms with van der Waals surface area (Å²) in [7, 11) is 0. The zero-order valence-electron chi connectivity index (χ0n) is 13.3. The molecule has 1 aliphatic rings. The lowest BCUT2D eigenvalue weighted by atomic mass is 10.0. The number of rotatable bonds is 2. The summed E-state index contributed by atoms with van der Waals surface area (Å²) in [6.45, 7) is 5.77. The molecule has 0 saturated carbocycles. The first-order chi connectivity index (χ1) is 11.2. The summed E-state index contributed by atoms with van der Waals surface area (Å²) in [6, 6.07) is 10.2. The van der Waals surface area contributed by atoms with Crippen LogP contribution in [0.2, 0.25) is 0 Å². The van der Waals surface area contributed by atoms with E-state index in [-0.39, 0.29) is 11.9 Å². The molecule has 0 bridgehead atoms. The average Bonchev–Trinajstić information content (AvgIpc) is 3.17.